The molecule has 3 rings (SSSR count). The van der Waals surface area contributed by atoms with Gasteiger partial charge in [-0.3, -0.25) is 4.79 Å². The van der Waals surface area contributed by atoms with Crippen molar-refractivity contribution in [3.63, 3.8) is 0 Å². The highest BCUT2D eigenvalue weighted by Gasteiger charge is 2.27. The quantitative estimate of drug-likeness (QED) is 0.473. The van der Waals surface area contributed by atoms with Gasteiger partial charge in [0.05, 0.1) is 12.1 Å². The summed E-state index contributed by atoms with van der Waals surface area (Å²) in [5.74, 6) is 0.624. The number of amides is 1. The van der Waals surface area contributed by atoms with Gasteiger partial charge in [-0.15, -0.1) is 0 Å². The molecule has 158 valence electrons. The van der Waals surface area contributed by atoms with Gasteiger partial charge in [-0.05, 0) is 52.0 Å². The maximum absolute atomic E-state index is 13.3. The predicted octanol–water partition coefficient (Wildman–Crippen LogP) is 5.89. The third-order valence-corrected chi connectivity index (χ3v) is 5.47. The molecule has 0 aliphatic heterocycles. The van der Waals surface area contributed by atoms with E-state index in [-0.39, 0.29) is 18.0 Å². The van der Waals surface area contributed by atoms with Crippen molar-refractivity contribution in [2.24, 2.45) is 0 Å². The van der Waals surface area contributed by atoms with E-state index in [0.717, 1.165) is 16.8 Å². The van der Waals surface area contributed by atoms with Crippen LogP contribution < -0.4 is 4.90 Å². The summed E-state index contributed by atoms with van der Waals surface area (Å²) in [5.41, 5.74) is 3.22. The lowest BCUT2D eigenvalue weighted by molar-refractivity contribution is 0.0690. The lowest BCUT2D eigenvalue weighted by atomic mass is 10.1. The highest BCUT2D eigenvalue weighted by atomic mass is 35.5. The van der Waals surface area contributed by atoms with E-state index in [4.69, 9.17) is 16.1 Å². The molecule has 0 aliphatic carbocycles. The first-order valence-corrected chi connectivity index (χ1v) is 10.5. The molecule has 0 aliphatic rings. The van der Waals surface area contributed by atoms with Crippen molar-refractivity contribution in [3.05, 3.63) is 70.7 Å². The average molecular weight is 426 g/mol. The van der Waals surface area contributed by atoms with E-state index in [1.165, 1.54) is 0 Å². The molecule has 3 aromatic rings. The van der Waals surface area contributed by atoms with Crippen molar-refractivity contribution in [3.8, 4) is 11.3 Å². The number of hydrogen-bond acceptors (Lipinski definition) is 4. The molecular weight excluding hydrogens is 398 g/mol. The van der Waals surface area contributed by atoms with Crippen molar-refractivity contribution in [2.45, 2.75) is 46.3 Å². The van der Waals surface area contributed by atoms with Gasteiger partial charge in [-0.25, -0.2) is 0 Å². The summed E-state index contributed by atoms with van der Waals surface area (Å²) >= 11 is 6.00. The maximum Gasteiger partial charge on any atom is 0.254 e. The summed E-state index contributed by atoms with van der Waals surface area (Å²) in [4.78, 5) is 17.2. The van der Waals surface area contributed by atoms with Crippen molar-refractivity contribution in [2.75, 3.05) is 11.9 Å². The van der Waals surface area contributed by atoms with Crippen molar-refractivity contribution < 1.29 is 9.32 Å². The number of anilines is 1. The number of rotatable bonds is 7. The van der Waals surface area contributed by atoms with Crippen LogP contribution in [0.4, 0.5) is 5.88 Å². The van der Waals surface area contributed by atoms with Gasteiger partial charge >= 0.3 is 0 Å². The minimum absolute atomic E-state index is 0.0103. The van der Waals surface area contributed by atoms with E-state index in [2.05, 4.69) is 19.0 Å². The number of aromatic nitrogens is 1. The molecule has 0 bridgehead atoms. The van der Waals surface area contributed by atoms with Crippen LogP contribution in [0.1, 0.15) is 43.6 Å². The van der Waals surface area contributed by atoms with Crippen LogP contribution in [-0.2, 0) is 6.54 Å². The Morgan fingerprint density at radius 1 is 1.00 bits per heavy atom. The molecule has 5 nitrogen and oxygen atoms in total. The fourth-order valence-corrected chi connectivity index (χ4v) is 3.32. The molecule has 1 heterocycles. The topological polar surface area (TPSA) is 49.6 Å². The number of carbonyl (C=O) groups excluding carboxylic acids is 1. The number of nitrogens with zero attached hydrogens (tertiary/aromatic N) is 3. The van der Waals surface area contributed by atoms with E-state index < -0.39 is 0 Å². The summed E-state index contributed by atoms with van der Waals surface area (Å²) in [6.45, 7) is 8.59. The van der Waals surface area contributed by atoms with Crippen LogP contribution >= 0.6 is 11.6 Å². The number of hydrogen-bond donors (Lipinski definition) is 0. The molecule has 0 saturated carbocycles. The van der Waals surface area contributed by atoms with Gasteiger partial charge in [0.15, 0.2) is 0 Å². The van der Waals surface area contributed by atoms with Crippen LogP contribution in [0.25, 0.3) is 11.3 Å². The standard InChI is InChI=1S/C24H28ClN3O2/c1-16(2)27(5)24-21(22(26-30-24)18-9-7-6-8-10-18)15-28(17(3)4)23(29)19-11-13-20(25)14-12-19/h6-14,16-17H,15H2,1-5H3. The maximum atomic E-state index is 13.3. The first-order valence-electron chi connectivity index (χ1n) is 10.1. The summed E-state index contributed by atoms with van der Waals surface area (Å²) < 4.78 is 5.78. The van der Waals surface area contributed by atoms with E-state index in [1.54, 1.807) is 24.3 Å². The summed E-state index contributed by atoms with van der Waals surface area (Å²) in [7, 11) is 1.98. The lowest BCUT2D eigenvalue weighted by Gasteiger charge is -2.28. The Hall–Kier alpha value is -2.79. The molecule has 1 amide bonds. The number of benzene rings is 2. The molecule has 6 heteroatoms. The zero-order valence-corrected chi connectivity index (χ0v) is 18.8. The second-order valence-corrected chi connectivity index (χ2v) is 8.36. The Morgan fingerprint density at radius 2 is 1.63 bits per heavy atom. The van der Waals surface area contributed by atoms with E-state index >= 15 is 0 Å². The van der Waals surface area contributed by atoms with Crippen molar-refractivity contribution in [1.82, 2.24) is 10.1 Å². The van der Waals surface area contributed by atoms with Gasteiger partial charge in [-0.1, -0.05) is 47.1 Å². The van der Waals surface area contributed by atoms with E-state index in [0.29, 0.717) is 23.0 Å². The molecule has 0 unspecified atom stereocenters. The highest BCUT2D eigenvalue weighted by molar-refractivity contribution is 6.30. The van der Waals surface area contributed by atoms with Crippen LogP contribution in [-0.4, -0.2) is 35.1 Å². The Bertz CT molecular complexity index is 981. The summed E-state index contributed by atoms with van der Waals surface area (Å²) in [6, 6.07) is 17.1. The normalized spacial score (nSPS) is 11.2. The van der Waals surface area contributed by atoms with Gasteiger partial charge < -0.3 is 14.3 Å². The SMILES string of the molecule is CC(C)N(Cc1c(-c2ccccc2)noc1N(C)C(C)C)C(=O)c1ccc(Cl)cc1. The largest absolute Gasteiger partial charge is 0.341 e. The zero-order valence-electron chi connectivity index (χ0n) is 18.1. The Kier molecular flexibility index (Phi) is 6.83. The molecule has 2 aromatic carbocycles. The summed E-state index contributed by atoms with van der Waals surface area (Å²) in [5, 5.41) is 4.98. The predicted molar refractivity (Wildman–Crippen MR) is 122 cm³/mol. The second kappa shape index (κ2) is 9.35. The fourth-order valence-electron chi connectivity index (χ4n) is 3.20. The second-order valence-electron chi connectivity index (χ2n) is 7.92. The molecule has 0 atom stereocenters. The van der Waals surface area contributed by atoms with Gasteiger partial charge in [0.2, 0.25) is 5.88 Å². The number of halogens is 1. The van der Waals surface area contributed by atoms with Crippen LogP contribution in [0.2, 0.25) is 5.02 Å². The molecule has 30 heavy (non-hydrogen) atoms. The average Bonchev–Trinajstić information content (AvgIpc) is 3.15. The van der Waals surface area contributed by atoms with E-state index in [1.807, 2.05) is 61.0 Å². The first-order chi connectivity index (χ1) is 14.3. The van der Waals surface area contributed by atoms with Crippen LogP contribution in [0.3, 0.4) is 0 Å². The van der Waals surface area contributed by atoms with E-state index in [9.17, 15) is 4.79 Å². The van der Waals surface area contributed by atoms with Crippen molar-refractivity contribution >= 4 is 23.4 Å². The molecule has 0 N–H and O–H groups in total. The molecule has 0 saturated heterocycles. The molecule has 0 fully saturated rings. The lowest BCUT2D eigenvalue weighted by Crippen LogP contribution is -2.37. The van der Waals surface area contributed by atoms with Crippen molar-refractivity contribution in [1.29, 1.82) is 0 Å². The Balaban J connectivity index is 2.04. The minimum Gasteiger partial charge on any atom is -0.341 e. The van der Waals surface area contributed by atoms with Gasteiger partial charge in [0, 0.05) is 35.3 Å². The monoisotopic (exact) mass is 425 g/mol. The molecule has 0 spiro atoms. The summed E-state index contributed by atoms with van der Waals surface area (Å²) in [6.07, 6.45) is 0. The minimum atomic E-state index is -0.0555. The Labute approximate surface area is 183 Å². The fraction of sp³-hybridized carbons (Fsp3) is 0.333. The number of carbonyl (C=O) groups is 1. The third kappa shape index (κ3) is 4.68. The van der Waals surface area contributed by atoms with Gasteiger partial charge in [0.1, 0.15) is 5.69 Å². The third-order valence-electron chi connectivity index (χ3n) is 5.21. The van der Waals surface area contributed by atoms with Gasteiger partial charge in [-0.2, -0.15) is 0 Å². The molecule has 0 radical (unpaired) electrons. The van der Waals surface area contributed by atoms with Gasteiger partial charge in [0.25, 0.3) is 5.91 Å². The molecular formula is C24H28ClN3O2. The highest BCUT2D eigenvalue weighted by Crippen LogP contribution is 2.33. The first kappa shape index (κ1) is 21.9. The molecule has 1 aromatic heterocycles. The zero-order chi connectivity index (χ0) is 21.8. The van der Waals surface area contributed by atoms with Crippen LogP contribution in [0, 0.1) is 0 Å². The smallest absolute Gasteiger partial charge is 0.254 e. The van der Waals surface area contributed by atoms with Crippen LogP contribution in [0.15, 0.2) is 59.1 Å². The van der Waals surface area contributed by atoms with Crippen LogP contribution in [0.5, 0.6) is 0 Å². The Morgan fingerprint density at radius 3 is 2.20 bits per heavy atom.